The molecule has 0 spiro atoms. The molecule has 0 aliphatic carbocycles. The van der Waals surface area contributed by atoms with Crippen LogP contribution in [0.25, 0.3) is 21.9 Å². The third-order valence-electron chi connectivity index (χ3n) is 4.67. The van der Waals surface area contributed by atoms with Gasteiger partial charge in [-0.1, -0.05) is 19.8 Å². The van der Waals surface area contributed by atoms with Gasteiger partial charge >= 0.3 is 0 Å². The molecule has 0 saturated carbocycles. The number of amides is 1. The number of aromatic nitrogens is 5. The normalized spacial score (nSPS) is 11.2. The average molecular weight is 445 g/mol. The Morgan fingerprint density at radius 2 is 1.97 bits per heavy atom. The summed E-state index contributed by atoms with van der Waals surface area (Å²) in [5.41, 5.74) is 2.03. The van der Waals surface area contributed by atoms with Crippen LogP contribution >= 0.6 is 11.3 Å². The second-order valence-electron chi connectivity index (χ2n) is 6.87. The van der Waals surface area contributed by atoms with Crippen molar-refractivity contribution in [3.8, 4) is 28.1 Å². The molecule has 4 heterocycles. The number of nitrogens with zero attached hydrogens (tertiary/aromatic N) is 5. The highest BCUT2D eigenvalue weighted by Crippen LogP contribution is 2.30. The van der Waals surface area contributed by atoms with E-state index in [1.54, 1.807) is 41.7 Å². The first-order valence-corrected chi connectivity index (χ1v) is 10.8. The van der Waals surface area contributed by atoms with Crippen molar-refractivity contribution in [2.75, 3.05) is 27.4 Å². The van der Waals surface area contributed by atoms with Gasteiger partial charge in [0.25, 0.3) is 11.1 Å². The summed E-state index contributed by atoms with van der Waals surface area (Å²) in [5, 5.41) is 12.3. The number of unbranched alkanes of at least 4 members (excludes halogenated alkanes) is 2. The molecule has 0 radical (unpaired) electrons. The molecule has 4 aromatic heterocycles. The fourth-order valence-electron chi connectivity index (χ4n) is 3.08. The number of methoxy groups -OCH3 is 2. The molecule has 0 aliphatic rings. The number of carbonyl (C=O) groups is 1. The number of carbonyl (C=O) groups excluding carboxylic acids is 1. The fourth-order valence-corrected chi connectivity index (χ4v) is 3.77. The summed E-state index contributed by atoms with van der Waals surface area (Å²) in [5.74, 6) is 0.909. The van der Waals surface area contributed by atoms with Gasteiger partial charge in [-0.3, -0.25) is 4.79 Å². The molecule has 0 unspecified atom stereocenters. The number of ether oxygens (including phenoxy) is 3. The van der Waals surface area contributed by atoms with Gasteiger partial charge in [-0.15, -0.1) is 5.10 Å². The van der Waals surface area contributed by atoms with Crippen molar-refractivity contribution >= 4 is 27.7 Å². The van der Waals surface area contributed by atoms with Crippen molar-refractivity contribution in [2.45, 2.75) is 26.2 Å². The summed E-state index contributed by atoms with van der Waals surface area (Å²) >= 11 is 1.34. The Hall–Kier alpha value is -3.34. The van der Waals surface area contributed by atoms with Crippen molar-refractivity contribution in [1.82, 2.24) is 29.5 Å². The maximum absolute atomic E-state index is 12.1. The molecule has 4 rings (SSSR count). The zero-order chi connectivity index (χ0) is 21.8. The summed E-state index contributed by atoms with van der Waals surface area (Å²) in [6, 6.07) is 3.60. The summed E-state index contributed by atoms with van der Waals surface area (Å²) in [6.45, 7) is 2.69. The maximum atomic E-state index is 12.1. The number of imidazole rings is 1. The third-order valence-corrected chi connectivity index (χ3v) is 5.55. The molecule has 0 aliphatic heterocycles. The van der Waals surface area contributed by atoms with Gasteiger partial charge in [0.2, 0.25) is 4.96 Å². The van der Waals surface area contributed by atoms with E-state index in [1.807, 2.05) is 6.07 Å². The smallest absolute Gasteiger partial charge is 0.294 e. The predicted molar refractivity (Wildman–Crippen MR) is 116 cm³/mol. The molecule has 0 atom stereocenters. The molecule has 164 valence electrons. The zero-order valence-corrected chi connectivity index (χ0v) is 18.4. The fraction of sp³-hybridized carbons (Fsp3) is 0.400. The van der Waals surface area contributed by atoms with Crippen LogP contribution in [0, 0.1) is 0 Å². The first-order valence-electron chi connectivity index (χ1n) is 9.98. The van der Waals surface area contributed by atoms with Crippen LogP contribution in [0.2, 0.25) is 0 Å². The summed E-state index contributed by atoms with van der Waals surface area (Å²) < 4.78 is 19.6. The van der Waals surface area contributed by atoms with Crippen molar-refractivity contribution < 1.29 is 19.0 Å². The van der Waals surface area contributed by atoms with Gasteiger partial charge < -0.3 is 19.5 Å². The lowest BCUT2D eigenvalue weighted by Gasteiger charge is -2.10. The molecule has 0 fully saturated rings. The van der Waals surface area contributed by atoms with E-state index in [0.717, 1.165) is 19.3 Å². The lowest BCUT2D eigenvalue weighted by molar-refractivity contribution is -0.123. The molecular formula is C20H24N6O4S. The lowest BCUT2D eigenvalue weighted by Crippen LogP contribution is -2.29. The number of pyridine rings is 1. The SMILES string of the molecule is CCCCCNC(=O)COc1cc(OC)cn2nc(-c3cn4nc(OC)sc4n3)cc12. The van der Waals surface area contributed by atoms with Gasteiger partial charge in [0, 0.05) is 12.6 Å². The molecule has 0 aromatic carbocycles. The summed E-state index contributed by atoms with van der Waals surface area (Å²) in [6.07, 6.45) is 6.69. The van der Waals surface area contributed by atoms with Crippen LogP contribution < -0.4 is 19.5 Å². The van der Waals surface area contributed by atoms with Crippen LogP contribution in [-0.2, 0) is 4.79 Å². The van der Waals surface area contributed by atoms with E-state index in [2.05, 4.69) is 27.4 Å². The van der Waals surface area contributed by atoms with Crippen molar-refractivity contribution in [3.63, 3.8) is 0 Å². The maximum Gasteiger partial charge on any atom is 0.294 e. The lowest BCUT2D eigenvalue weighted by atomic mass is 10.2. The Bertz CT molecular complexity index is 1170. The molecule has 1 amide bonds. The molecule has 0 bridgehead atoms. The Morgan fingerprint density at radius 3 is 2.71 bits per heavy atom. The van der Waals surface area contributed by atoms with E-state index in [0.29, 0.717) is 45.1 Å². The van der Waals surface area contributed by atoms with E-state index in [9.17, 15) is 4.79 Å². The predicted octanol–water partition coefficient (Wildman–Crippen LogP) is 2.81. The van der Waals surface area contributed by atoms with Crippen LogP contribution in [0.3, 0.4) is 0 Å². The second-order valence-corrected chi connectivity index (χ2v) is 7.79. The van der Waals surface area contributed by atoms with Gasteiger partial charge in [0.1, 0.15) is 28.4 Å². The minimum atomic E-state index is -0.161. The Kier molecular flexibility index (Phi) is 6.21. The standard InChI is InChI=1S/C20H24N6O4S/c1-4-5-6-7-21-18(27)12-30-17-8-13(28-2)10-25-16(17)9-14(23-25)15-11-26-19(22-15)31-20(24-26)29-3/h8-11H,4-7,12H2,1-3H3,(H,21,27). The van der Waals surface area contributed by atoms with Crippen LogP contribution in [-0.4, -0.2) is 57.5 Å². The summed E-state index contributed by atoms with van der Waals surface area (Å²) in [7, 11) is 3.14. The molecule has 11 heteroatoms. The number of hydrogen-bond donors (Lipinski definition) is 1. The van der Waals surface area contributed by atoms with Gasteiger partial charge in [-0.2, -0.15) is 5.10 Å². The molecular weight excluding hydrogens is 420 g/mol. The van der Waals surface area contributed by atoms with Gasteiger partial charge in [-0.25, -0.2) is 14.0 Å². The second kappa shape index (κ2) is 9.21. The minimum Gasteiger partial charge on any atom is -0.495 e. The van der Waals surface area contributed by atoms with Gasteiger partial charge in [-0.05, 0) is 23.8 Å². The minimum absolute atomic E-state index is 0.0839. The summed E-state index contributed by atoms with van der Waals surface area (Å²) in [4.78, 5) is 17.4. The van der Waals surface area contributed by atoms with Crippen LogP contribution in [0.5, 0.6) is 16.7 Å². The van der Waals surface area contributed by atoms with E-state index >= 15 is 0 Å². The highest BCUT2D eigenvalue weighted by molar-refractivity contribution is 7.18. The molecule has 4 aromatic rings. The number of hydrogen-bond acceptors (Lipinski definition) is 8. The first kappa shape index (κ1) is 20.9. The first-order chi connectivity index (χ1) is 15.1. The number of fused-ring (bicyclic) bond motifs is 2. The van der Waals surface area contributed by atoms with Crippen LogP contribution in [0.4, 0.5) is 0 Å². The average Bonchev–Trinajstić information content (AvgIpc) is 3.47. The van der Waals surface area contributed by atoms with Crippen molar-refractivity contribution in [1.29, 1.82) is 0 Å². The van der Waals surface area contributed by atoms with Crippen LogP contribution in [0.15, 0.2) is 24.5 Å². The van der Waals surface area contributed by atoms with E-state index in [1.165, 1.54) is 11.3 Å². The van der Waals surface area contributed by atoms with Crippen molar-refractivity contribution in [2.24, 2.45) is 0 Å². The molecule has 1 N–H and O–H groups in total. The molecule has 10 nitrogen and oxygen atoms in total. The Balaban J connectivity index is 1.56. The van der Waals surface area contributed by atoms with E-state index < -0.39 is 0 Å². The van der Waals surface area contributed by atoms with Gasteiger partial charge in [0.05, 0.1) is 26.6 Å². The van der Waals surface area contributed by atoms with Crippen LogP contribution in [0.1, 0.15) is 26.2 Å². The monoisotopic (exact) mass is 444 g/mol. The van der Waals surface area contributed by atoms with Gasteiger partial charge in [0.15, 0.2) is 6.61 Å². The quantitative estimate of drug-likeness (QED) is 0.375. The Labute approximate surface area is 182 Å². The van der Waals surface area contributed by atoms with E-state index in [4.69, 9.17) is 14.2 Å². The van der Waals surface area contributed by atoms with Crippen molar-refractivity contribution in [3.05, 3.63) is 24.5 Å². The number of nitrogens with one attached hydrogen (secondary N) is 1. The highest BCUT2D eigenvalue weighted by atomic mass is 32.1. The molecule has 31 heavy (non-hydrogen) atoms. The number of rotatable bonds is 10. The third kappa shape index (κ3) is 4.55. The highest BCUT2D eigenvalue weighted by Gasteiger charge is 2.16. The molecule has 0 saturated heterocycles. The topological polar surface area (TPSA) is 104 Å². The largest absolute Gasteiger partial charge is 0.495 e. The zero-order valence-electron chi connectivity index (χ0n) is 17.6. The van der Waals surface area contributed by atoms with E-state index in [-0.39, 0.29) is 12.5 Å². The Morgan fingerprint density at radius 1 is 1.10 bits per heavy atom.